The van der Waals surface area contributed by atoms with Gasteiger partial charge in [0.05, 0.1) is 11.6 Å². The first-order valence-electron chi connectivity index (χ1n) is 15.6. The fourth-order valence-electron chi connectivity index (χ4n) is 6.37. The first-order valence-corrected chi connectivity index (χ1v) is 17.1. The highest BCUT2D eigenvalue weighted by Crippen LogP contribution is 2.31. The number of pyridine rings is 1. The molecule has 230 valence electrons. The molecule has 9 heteroatoms. The summed E-state index contributed by atoms with van der Waals surface area (Å²) in [5.41, 5.74) is 2.52. The van der Waals surface area contributed by atoms with Crippen molar-refractivity contribution in [3.05, 3.63) is 96.2 Å². The molecule has 1 aliphatic heterocycles. The van der Waals surface area contributed by atoms with Gasteiger partial charge in [-0.2, -0.15) is 0 Å². The highest BCUT2D eigenvalue weighted by atomic mass is 32.2. The molecule has 2 aliphatic rings. The van der Waals surface area contributed by atoms with Gasteiger partial charge in [0, 0.05) is 61.1 Å². The first-order chi connectivity index (χ1) is 21.4. The lowest BCUT2D eigenvalue weighted by molar-refractivity contribution is 0.0624. The quantitative estimate of drug-likeness (QED) is 0.237. The fraction of sp³-hybridized carbons (Fsp3) is 0.371. The number of ether oxygens (including phenoxy) is 1. The smallest absolute Gasteiger partial charge is 0.264 e. The molecule has 0 bridgehead atoms. The molecule has 1 unspecified atom stereocenters. The fourth-order valence-corrected chi connectivity index (χ4v) is 7.61. The predicted octanol–water partition coefficient (Wildman–Crippen LogP) is 6.34. The van der Waals surface area contributed by atoms with Gasteiger partial charge in [0.2, 0.25) is 0 Å². The third kappa shape index (κ3) is 6.89. The minimum absolute atomic E-state index is 0.0534. The average molecular weight is 613 g/mol. The summed E-state index contributed by atoms with van der Waals surface area (Å²) in [7, 11) is -3.86. The van der Waals surface area contributed by atoms with E-state index >= 15 is 0 Å². The standard InChI is InChI=1S/C35H40N4O4S/c1-26(27-9-3-2-4-10-27)43-32-14-6-5-11-30(32)25-38-21-23-39(24-22-38)35(40)29-16-18-31(19-17-29)37-44(41,42)33-15-7-12-28-13-8-20-36-34(28)33/h5-8,11-20,26-27,37H,2-4,9-10,21-25H2,1H3. The molecule has 1 aromatic heterocycles. The number of sulfonamides is 1. The number of aromatic nitrogens is 1. The second-order valence-corrected chi connectivity index (χ2v) is 13.6. The number of hydrogen-bond donors (Lipinski definition) is 1. The number of anilines is 1. The lowest BCUT2D eigenvalue weighted by atomic mass is 9.86. The normalized spacial score (nSPS) is 17.3. The van der Waals surface area contributed by atoms with Crippen LogP contribution in [0.1, 0.15) is 54.9 Å². The lowest BCUT2D eigenvalue weighted by Crippen LogP contribution is -2.48. The number of amides is 1. The van der Waals surface area contributed by atoms with E-state index in [4.69, 9.17) is 4.74 Å². The van der Waals surface area contributed by atoms with Crippen LogP contribution in [-0.2, 0) is 16.6 Å². The third-order valence-electron chi connectivity index (χ3n) is 8.92. The van der Waals surface area contributed by atoms with Crippen LogP contribution >= 0.6 is 0 Å². The molecule has 0 spiro atoms. The van der Waals surface area contributed by atoms with E-state index in [1.807, 2.05) is 23.1 Å². The van der Waals surface area contributed by atoms with Crippen molar-refractivity contribution in [1.82, 2.24) is 14.8 Å². The van der Waals surface area contributed by atoms with Gasteiger partial charge in [0.1, 0.15) is 10.6 Å². The third-order valence-corrected chi connectivity index (χ3v) is 10.3. The van der Waals surface area contributed by atoms with E-state index in [0.717, 1.165) is 30.8 Å². The van der Waals surface area contributed by atoms with Crippen molar-refractivity contribution in [2.75, 3.05) is 30.9 Å². The van der Waals surface area contributed by atoms with Crippen molar-refractivity contribution in [2.24, 2.45) is 5.92 Å². The number of nitrogens with zero attached hydrogens (tertiary/aromatic N) is 3. The number of nitrogens with one attached hydrogen (secondary N) is 1. The summed E-state index contributed by atoms with van der Waals surface area (Å²) < 4.78 is 35.4. The van der Waals surface area contributed by atoms with Crippen molar-refractivity contribution in [1.29, 1.82) is 0 Å². The highest BCUT2D eigenvalue weighted by Gasteiger charge is 2.25. The SMILES string of the molecule is CC(Oc1ccccc1CN1CCN(C(=O)c2ccc(NS(=O)(=O)c3cccc4cccnc34)cc2)CC1)C1CCCCC1. The van der Waals surface area contributed by atoms with Crippen molar-refractivity contribution in [3.63, 3.8) is 0 Å². The van der Waals surface area contributed by atoms with E-state index in [-0.39, 0.29) is 16.9 Å². The summed E-state index contributed by atoms with van der Waals surface area (Å²) >= 11 is 0. The van der Waals surface area contributed by atoms with Gasteiger partial charge in [-0.1, -0.05) is 55.7 Å². The van der Waals surface area contributed by atoms with E-state index in [1.165, 1.54) is 37.7 Å². The zero-order valence-corrected chi connectivity index (χ0v) is 26.0. The molecule has 8 nitrogen and oxygen atoms in total. The van der Waals surface area contributed by atoms with Crippen molar-refractivity contribution in [2.45, 2.75) is 56.6 Å². The number of carbonyl (C=O) groups excluding carboxylic acids is 1. The molecule has 1 atom stereocenters. The van der Waals surface area contributed by atoms with Gasteiger partial charge in [0.15, 0.2) is 0 Å². The Labute approximate surface area is 260 Å². The van der Waals surface area contributed by atoms with Crippen LogP contribution < -0.4 is 9.46 Å². The first kappa shape index (κ1) is 30.1. The zero-order valence-electron chi connectivity index (χ0n) is 25.2. The van der Waals surface area contributed by atoms with Gasteiger partial charge in [0.25, 0.3) is 15.9 Å². The van der Waals surface area contributed by atoms with Crippen molar-refractivity contribution < 1.29 is 17.9 Å². The molecule has 1 saturated carbocycles. The van der Waals surface area contributed by atoms with E-state index < -0.39 is 10.0 Å². The summed E-state index contributed by atoms with van der Waals surface area (Å²) in [6, 6.07) is 23.6. The maximum absolute atomic E-state index is 13.3. The number of benzene rings is 3. The Balaban J connectivity index is 1.04. The summed E-state index contributed by atoms with van der Waals surface area (Å²) in [4.78, 5) is 21.9. The Hall–Kier alpha value is -3.95. The molecule has 1 saturated heterocycles. The van der Waals surface area contributed by atoms with Crippen LogP contribution in [0.25, 0.3) is 10.9 Å². The van der Waals surface area contributed by atoms with E-state index in [9.17, 15) is 13.2 Å². The van der Waals surface area contributed by atoms with E-state index in [0.29, 0.717) is 35.8 Å². The average Bonchev–Trinajstić information content (AvgIpc) is 3.06. The molecule has 1 amide bonds. The summed E-state index contributed by atoms with van der Waals surface area (Å²) in [5, 5.41) is 0.748. The van der Waals surface area contributed by atoms with Crippen LogP contribution in [0, 0.1) is 5.92 Å². The minimum atomic E-state index is -3.86. The molecular formula is C35H40N4O4S. The molecule has 3 aromatic carbocycles. The second kappa shape index (κ2) is 13.4. The van der Waals surface area contributed by atoms with Crippen LogP contribution in [0.5, 0.6) is 5.75 Å². The highest BCUT2D eigenvalue weighted by molar-refractivity contribution is 7.93. The minimum Gasteiger partial charge on any atom is -0.490 e. The topological polar surface area (TPSA) is 91.8 Å². The number of rotatable bonds is 9. The van der Waals surface area contributed by atoms with Gasteiger partial charge in [-0.05, 0) is 68.1 Å². The monoisotopic (exact) mass is 612 g/mol. The number of carbonyl (C=O) groups is 1. The molecule has 4 aromatic rings. The van der Waals surface area contributed by atoms with E-state index in [2.05, 4.69) is 39.7 Å². The molecular weight excluding hydrogens is 572 g/mol. The summed E-state index contributed by atoms with van der Waals surface area (Å²) in [6.07, 6.45) is 8.23. The zero-order chi connectivity index (χ0) is 30.5. The number of hydrogen-bond acceptors (Lipinski definition) is 6. The molecule has 1 aliphatic carbocycles. The van der Waals surface area contributed by atoms with Crippen LogP contribution in [-0.4, -0.2) is 61.4 Å². The maximum atomic E-state index is 13.3. The molecule has 44 heavy (non-hydrogen) atoms. The van der Waals surface area contributed by atoms with Gasteiger partial charge in [-0.3, -0.25) is 19.4 Å². The Morgan fingerprint density at radius 1 is 0.909 bits per heavy atom. The Kier molecular flexibility index (Phi) is 9.14. The maximum Gasteiger partial charge on any atom is 0.264 e. The summed E-state index contributed by atoms with van der Waals surface area (Å²) in [5.74, 6) is 1.54. The number of para-hydroxylation sites is 2. The Morgan fingerprint density at radius 2 is 1.64 bits per heavy atom. The Morgan fingerprint density at radius 3 is 2.41 bits per heavy atom. The number of piperazine rings is 1. The molecule has 6 rings (SSSR count). The van der Waals surface area contributed by atoms with E-state index in [1.54, 1.807) is 48.7 Å². The molecule has 0 radical (unpaired) electrons. The van der Waals surface area contributed by atoms with Crippen LogP contribution in [0.15, 0.2) is 90.0 Å². The number of fused-ring (bicyclic) bond motifs is 1. The predicted molar refractivity (Wildman–Crippen MR) is 173 cm³/mol. The second-order valence-electron chi connectivity index (χ2n) is 11.9. The van der Waals surface area contributed by atoms with Crippen LogP contribution in [0.2, 0.25) is 0 Å². The van der Waals surface area contributed by atoms with Gasteiger partial charge in [-0.25, -0.2) is 8.42 Å². The Bertz CT molecular complexity index is 1690. The molecule has 1 N–H and O–H groups in total. The van der Waals surface area contributed by atoms with Crippen molar-refractivity contribution >= 4 is 32.5 Å². The van der Waals surface area contributed by atoms with Crippen LogP contribution in [0.4, 0.5) is 5.69 Å². The van der Waals surface area contributed by atoms with Crippen molar-refractivity contribution in [3.8, 4) is 5.75 Å². The van der Waals surface area contributed by atoms with Crippen LogP contribution in [0.3, 0.4) is 0 Å². The molecule has 2 heterocycles. The summed E-state index contributed by atoms with van der Waals surface area (Å²) in [6.45, 7) is 5.80. The van der Waals surface area contributed by atoms with Gasteiger partial charge >= 0.3 is 0 Å². The lowest BCUT2D eigenvalue weighted by Gasteiger charge is -2.35. The van der Waals surface area contributed by atoms with Gasteiger partial charge < -0.3 is 9.64 Å². The molecule has 2 fully saturated rings. The largest absolute Gasteiger partial charge is 0.490 e. The van der Waals surface area contributed by atoms with Gasteiger partial charge in [-0.15, -0.1) is 0 Å².